The van der Waals surface area contributed by atoms with Crippen LogP contribution < -0.4 is 9.47 Å². The summed E-state index contributed by atoms with van der Waals surface area (Å²) in [5, 5.41) is 3.98. The molecule has 0 amide bonds. The number of hydrogen-bond acceptors (Lipinski definition) is 6. The molecule has 0 saturated heterocycles. The normalized spacial score (nSPS) is 16.0. The molecule has 4 rings (SSSR count). The van der Waals surface area contributed by atoms with E-state index >= 15 is 0 Å². The van der Waals surface area contributed by atoms with Gasteiger partial charge in [-0.3, -0.25) is 0 Å². The number of ether oxygens (including phenoxy) is 2. The van der Waals surface area contributed by atoms with Gasteiger partial charge in [0.15, 0.2) is 15.9 Å². The predicted octanol–water partition coefficient (Wildman–Crippen LogP) is 4.74. The van der Waals surface area contributed by atoms with Crippen LogP contribution in [-0.4, -0.2) is 20.6 Å². The Morgan fingerprint density at radius 2 is 1.55 bits per heavy atom. The fraction of sp³-hybridized carbons (Fsp3) is 0.136. The maximum atomic E-state index is 11.7. The van der Waals surface area contributed by atoms with Crippen LogP contribution in [0.1, 0.15) is 18.1 Å². The summed E-state index contributed by atoms with van der Waals surface area (Å²) in [7, 11) is -3.30. The van der Waals surface area contributed by atoms with E-state index in [1.54, 1.807) is 12.1 Å². The zero-order valence-electron chi connectivity index (χ0n) is 15.7. The molecule has 0 aromatic heterocycles. The van der Waals surface area contributed by atoms with E-state index in [1.165, 1.54) is 12.1 Å². The van der Waals surface area contributed by atoms with Crippen LogP contribution in [0.2, 0.25) is 0 Å². The van der Waals surface area contributed by atoms with Gasteiger partial charge in [-0.15, -0.1) is 0 Å². The van der Waals surface area contributed by atoms with E-state index in [9.17, 15) is 8.42 Å². The van der Waals surface area contributed by atoms with Crippen molar-refractivity contribution in [1.82, 2.24) is 0 Å². The van der Waals surface area contributed by atoms with Crippen LogP contribution in [0.4, 0.5) is 0 Å². The highest BCUT2D eigenvalue weighted by atomic mass is 32.2. The summed E-state index contributed by atoms with van der Waals surface area (Å²) < 4.78 is 34.9. The summed E-state index contributed by atoms with van der Waals surface area (Å²) in [5.74, 6) is 2.30. The minimum Gasteiger partial charge on any atom is -0.457 e. The van der Waals surface area contributed by atoms with E-state index < -0.39 is 9.84 Å². The average Bonchev–Trinajstić information content (AvgIpc) is 3.17. The average molecular weight is 409 g/mol. The lowest BCUT2D eigenvalue weighted by Gasteiger charge is -2.10. The summed E-state index contributed by atoms with van der Waals surface area (Å²) >= 11 is 0. The summed E-state index contributed by atoms with van der Waals surface area (Å²) in [6, 6.07) is 23.5. The third kappa shape index (κ3) is 4.75. The van der Waals surface area contributed by atoms with Crippen molar-refractivity contribution >= 4 is 15.7 Å². The van der Waals surface area contributed by atoms with Crippen LogP contribution in [0.25, 0.3) is 0 Å². The Balaban J connectivity index is 1.38. The molecule has 0 radical (unpaired) electrons. The Labute approximate surface area is 169 Å². The number of oxime groups is 1. The van der Waals surface area contributed by atoms with Crippen LogP contribution in [0, 0.1) is 0 Å². The standard InChI is InChI=1S/C22H19NO5S/c1-29(24,25)20-9-5-8-19(14-20)27-22-15-21(28-23-22)16-10-12-18(13-11-16)26-17-6-3-2-4-7-17/h2-14,21H,15H2,1H3/t21-/m1/s1. The van der Waals surface area contributed by atoms with Crippen molar-refractivity contribution in [2.24, 2.45) is 5.16 Å². The van der Waals surface area contributed by atoms with Gasteiger partial charge in [-0.2, -0.15) is 0 Å². The number of benzene rings is 3. The minimum atomic E-state index is -3.30. The molecule has 148 valence electrons. The van der Waals surface area contributed by atoms with Gasteiger partial charge in [-0.1, -0.05) is 41.6 Å². The Morgan fingerprint density at radius 1 is 0.862 bits per heavy atom. The first kappa shape index (κ1) is 19.0. The number of rotatable bonds is 5. The first-order valence-corrected chi connectivity index (χ1v) is 10.9. The second kappa shape index (κ2) is 7.97. The monoisotopic (exact) mass is 409 g/mol. The molecule has 0 fully saturated rings. The third-order valence-corrected chi connectivity index (χ3v) is 5.45. The molecule has 1 atom stereocenters. The minimum absolute atomic E-state index is 0.195. The zero-order chi connectivity index (χ0) is 20.3. The molecular weight excluding hydrogens is 390 g/mol. The van der Waals surface area contributed by atoms with Crippen LogP contribution in [0.3, 0.4) is 0 Å². The number of nitrogens with zero attached hydrogens (tertiary/aromatic N) is 1. The predicted molar refractivity (Wildman–Crippen MR) is 109 cm³/mol. The number of sulfone groups is 1. The second-order valence-electron chi connectivity index (χ2n) is 6.62. The van der Waals surface area contributed by atoms with Crippen LogP contribution >= 0.6 is 0 Å². The molecule has 0 spiro atoms. The van der Waals surface area contributed by atoms with Gasteiger partial charge in [0.25, 0.3) is 0 Å². The van der Waals surface area contributed by atoms with E-state index in [-0.39, 0.29) is 11.0 Å². The summed E-state index contributed by atoms with van der Waals surface area (Å²) in [4.78, 5) is 5.68. The van der Waals surface area contributed by atoms with Crippen LogP contribution in [0.15, 0.2) is 88.9 Å². The topological polar surface area (TPSA) is 74.2 Å². The lowest BCUT2D eigenvalue weighted by molar-refractivity contribution is 0.0855. The molecule has 1 heterocycles. The Hall–Kier alpha value is -3.32. The largest absolute Gasteiger partial charge is 0.457 e. The molecule has 29 heavy (non-hydrogen) atoms. The molecule has 0 bridgehead atoms. The molecule has 1 aliphatic rings. The third-order valence-electron chi connectivity index (χ3n) is 4.34. The molecule has 3 aromatic carbocycles. The molecule has 6 nitrogen and oxygen atoms in total. The van der Waals surface area contributed by atoms with Crippen molar-refractivity contribution in [2.75, 3.05) is 6.26 Å². The maximum Gasteiger partial charge on any atom is 0.235 e. The molecule has 7 heteroatoms. The molecular formula is C22H19NO5S. The Bertz CT molecular complexity index is 1130. The number of hydrogen-bond donors (Lipinski definition) is 0. The van der Waals surface area contributed by atoms with Gasteiger partial charge >= 0.3 is 0 Å². The molecule has 0 unspecified atom stereocenters. The van der Waals surface area contributed by atoms with Gasteiger partial charge in [-0.25, -0.2) is 8.42 Å². The first-order chi connectivity index (χ1) is 14.0. The highest BCUT2D eigenvalue weighted by Crippen LogP contribution is 2.31. The zero-order valence-corrected chi connectivity index (χ0v) is 16.5. The fourth-order valence-corrected chi connectivity index (χ4v) is 3.53. The second-order valence-corrected chi connectivity index (χ2v) is 8.63. The van der Waals surface area contributed by atoms with Crippen molar-refractivity contribution in [3.63, 3.8) is 0 Å². The van der Waals surface area contributed by atoms with E-state index in [0.717, 1.165) is 23.3 Å². The van der Waals surface area contributed by atoms with Crippen LogP contribution in [-0.2, 0) is 14.7 Å². The summed E-state index contributed by atoms with van der Waals surface area (Å²) in [6.45, 7) is 0. The van der Waals surface area contributed by atoms with Crippen LogP contribution in [0.5, 0.6) is 17.2 Å². The molecule has 1 aliphatic heterocycles. The maximum absolute atomic E-state index is 11.7. The van der Waals surface area contributed by atoms with E-state index in [2.05, 4.69) is 5.16 Å². The molecule has 0 aliphatic carbocycles. The van der Waals surface area contributed by atoms with E-state index in [4.69, 9.17) is 14.3 Å². The highest BCUT2D eigenvalue weighted by Gasteiger charge is 2.25. The van der Waals surface area contributed by atoms with Crippen molar-refractivity contribution in [3.05, 3.63) is 84.4 Å². The molecule has 3 aromatic rings. The number of para-hydroxylation sites is 1. The smallest absolute Gasteiger partial charge is 0.235 e. The fourth-order valence-electron chi connectivity index (χ4n) is 2.87. The SMILES string of the molecule is CS(=O)(=O)c1cccc(OC2=NO[C@@H](c3ccc(Oc4ccccc4)cc3)C2)c1. The van der Waals surface area contributed by atoms with E-state index in [1.807, 2.05) is 54.6 Å². The Morgan fingerprint density at radius 3 is 2.28 bits per heavy atom. The van der Waals surface area contributed by atoms with Gasteiger partial charge in [0.05, 0.1) is 11.3 Å². The van der Waals surface area contributed by atoms with Gasteiger partial charge in [0, 0.05) is 6.26 Å². The van der Waals surface area contributed by atoms with Crippen molar-refractivity contribution in [2.45, 2.75) is 17.4 Å². The van der Waals surface area contributed by atoms with Crippen molar-refractivity contribution in [3.8, 4) is 17.2 Å². The first-order valence-electron chi connectivity index (χ1n) is 9.01. The lowest BCUT2D eigenvalue weighted by atomic mass is 10.1. The quantitative estimate of drug-likeness (QED) is 0.609. The van der Waals surface area contributed by atoms with E-state index in [0.29, 0.717) is 18.1 Å². The van der Waals surface area contributed by atoms with Gasteiger partial charge in [0.2, 0.25) is 5.90 Å². The summed E-state index contributed by atoms with van der Waals surface area (Å²) in [6.07, 6.45) is 1.33. The van der Waals surface area contributed by atoms with Gasteiger partial charge < -0.3 is 14.3 Å². The highest BCUT2D eigenvalue weighted by molar-refractivity contribution is 7.90. The van der Waals surface area contributed by atoms with Gasteiger partial charge in [0.1, 0.15) is 17.2 Å². The van der Waals surface area contributed by atoms with Crippen molar-refractivity contribution < 1.29 is 22.7 Å². The lowest BCUT2D eigenvalue weighted by Crippen LogP contribution is -2.08. The Kier molecular flexibility index (Phi) is 5.22. The summed E-state index contributed by atoms with van der Waals surface area (Å²) in [5.41, 5.74) is 0.942. The van der Waals surface area contributed by atoms with Gasteiger partial charge in [-0.05, 0) is 48.0 Å². The molecule has 0 saturated carbocycles. The van der Waals surface area contributed by atoms with Crippen molar-refractivity contribution in [1.29, 1.82) is 0 Å². The molecule has 0 N–H and O–H groups in total.